The summed E-state index contributed by atoms with van der Waals surface area (Å²) in [6, 6.07) is 9.86. The molecular weight excluding hydrogens is 570 g/mol. The van der Waals surface area contributed by atoms with Crippen LogP contribution in [0.25, 0.3) is 11.1 Å². The van der Waals surface area contributed by atoms with Gasteiger partial charge in [0.25, 0.3) is 5.89 Å². The van der Waals surface area contributed by atoms with Gasteiger partial charge in [0.1, 0.15) is 29.7 Å². The number of nitrogens with one attached hydrogen (secondary N) is 4. The Hall–Kier alpha value is -4.78. The van der Waals surface area contributed by atoms with E-state index in [0.29, 0.717) is 11.1 Å². The molecule has 0 radical (unpaired) electrons. The monoisotopic (exact) mass is 607 g/mol. The first-order valence-electron chi connectivity index (χ1n) is 14.3. The summed E-state index contributed by atoms with van der Waals surface area (Å²) in [5, 5.41) is 21.7. The summed E-state index contributed by atoms with van der Waals surface area (Å²) in [5.41, 5.74) is 2.65. The van der Waals surface area contributed by atoms with Gasteiger partial charge < -0.3 is 35.5 Å². The second kappa shape index (κ2) is 13.2. The van der Waals surface area contributed by atoms with Gasteiger partial charge in [0.2, 0.25) is 23.6 Å². The standard InChI is InChI=1S/C31H37N5O8/c1-16(2)26(36-28(40)22(33-19(5)37)14-20-12-10-17(3)11-13-20)29(41)32-18(4)27(39)35-24-15-25(38)44-31(24,42)30-34-21-8-6-7-9-23(21)43-30/h6-13,16,18,22,24,26,42H,14-15H2,1-5H3,(H,32,41)(H,33,37)(H,35,39)(H,36,40). The third-order valence-electron chi connectivity index (χ3n) is 7.28. The third kappa shape index (κ3) is 7.40. The van der Waals surface area contributed by atoms with Gasteiger partial charge in [0.15, 0.2) is 5.58 Å². The van der Waals surface area contributed by atoms with Crippen molar-refractivity contribution in [2.24, 2.45) is 5.92 Å². The van der Waals surface area contributed by atoms with Crippen LogP contribution in [-0.4, -0.2) is 63.9 Å². The number of para-hydroxylation sites is 2. The molecular formula is C31H37N5O8. The third-order valence-corrected chi connectivity index (χ3v) is 7.28. The van der Waals surface area contributed by atoms with E-state index in [1.807, 2.05) is 31.2 Å². The number of hydrogen-bond donors (Lipinski definition) is 5. The second-order valence-corrected chi connectivity index (χ2v) is 11.3. The molecule has 0 aliphatic carbocycles. The number of esters is 1. The number of aliphatic hydroxyl groups is 1. The van der Waals surface area contributed by atoms with E-state index in [1.54, 1.807) is 38.1 Å². The minimum absolute atomic E-state index is 0.210. The number of aromatic nitrogens is 1. The molecule has 13 nitrogen and oxygen atoms in total. The van der Waals surface area contributed by atoms with Crippen molar-refractivity contribution < 1.29 is 38.2 Å². The molecule has 1 aliphatic rings. The summed E-state index contributed by atoms with van der Waals surface area (Å²) in [6.07, 6.45) is -0.153. The highest BCUT2D eigenvalue weighted by molar-refractivity contribution is 5.94. The molecule has 3 aromatic rings. The summed E-state index contributed by atoms with van der Waals surface area (Å²) in [7, 11) is 0. The van der Waals surface area contributed by atoms with Gasteiger partial charge in [0, 0.05) is 13.3 Å². The first kappa shape index (κ1) is 32.1. The Kier molecular flexibility index (Phi) is 9.68. The molecule has 0 bridgehead atoms. The minimum atomic E-state index is -2.36. The zero-order valence-electron chi connectivity index (χ0n) is 25.2. The maximum absolute atomic E-state index is 13.3. The number of oxazole rings is 1. The number of nitrogens with zero attached hydrogens (tertiary/aromatic N) is 1. The summed E-state index contributed by atoms with van der Waals surface area (Å²) >= 11 is 0. The Bertz CT molecular complexity index is 1520. The van der Waals surface area contributed by atoms with Crippen molar-refractivity contribution in [2.75, 3.05) is 0 Å². The lowest BCUT2D eigenvalue weighted by molar-refractivity contribution is -0.210. The Morgan fingerprint density at radius 3 is 2.30 bits per heavy atom. The van der Waals surface area contributed by atoms with Crippen LogP contribution >= 0.6 is 0 Å². The molecule has 4 rings (SSSR count). The van der Waals surface area contributed by atoms with E-state index >= 15 is 0 Å². The Morgan fingerprint density at radius 1 is 0.977 bits per heavy atom. The van der Waals surface area contributed by atoms with Gasteiger partial charge in [-0.1, -0.05) is 55.8 Å². The number of cyclic esters (lactones) is 1. The first-order chi connectivity index (χ1) is 20.8. The zero-order chi connectivity index (χ0) is 32.2. The maximum atomic E-state index is 13.3. The highest BCUT2D eigenvalue weighted by Crippen LogP contribution is 2.35. The maximum Gasteiger partial charge on any atom is 0.311 e. The highest BCUT2D eigenvalue weighted by atomic mass is 16.7. The molecule has 1 aromatic heterocycles. The van der Waals surface area contributed by atoms with E-state index in [-0.39, 0.29) is 24.7 Å². The van der Waals surface area contributed by atoms with Crippen LogP contribution in [0.1, 0.15) is 51.1 Å². The molecule has 4 amide bonds. The normalized spacial score (nSPS) is 20.0. The second-order valence-electron chi connectivity index (χ2n) is 11.3. The van der Waals surface area contributed by atoms with Crippen LogP contribution in [-0.2, 0) is 40.9 Å². The van der Waals surface area contributed by atoms with E-state index < -0.39 is 59.6 Å². The predicted molar refractivity (Wildman–Crippen MR) is 157 cm³/mol. The zero-order valence-corrected chi connectivity index (χ0v) is 25.2. The Labute approximate surface area is 254 Å². The van der Waals surface area contributed by atoms with Crippen molar-refractivity contribution in [3.63, 3.8) is 0 Å². The lowest BCUT2D eigenvalue weighted by Gasteiger charge is -2.28. The van der Waals surface area contributed by atoms with Crippen LogP contribution in [0.3, 0.4) is 0 Å². The van der Waals surface area contributed by atoms with Gasteiger partial charge in [-0.05, 0) is 37.5 Å². The number of carbonyl (C=O) groups excluding carboxylic acids is 5. The SMILES string of the molecule is CC(=O)NC(Cc1ccc(C)cc1)C(=O)NC(C(=O)NC(C)C(=O)NC1CC(=O)OC1(O)c1nc2ccccc2o1)C(C)C. The van der Waals surface area contributed by atoms with Crippen molar-refractivity contribution in [1.29, 1.82) is 0 Å². The summed E-state index contributed by atoms with van der Waals surface area (Å²) < 4.78 is 10.7. The van der Waals surface area contributed by atoms with E-state index in [1.165, 1.54) is 13.8 Å². The molecule has 2 heterocycles. The van der Waals surface area contributed by atoms with Crippen molar-refractivity contribution >= 4 is 40.7 Å². The summed E-state index contributed by atoms with van der Waals surface area (Å²) in [6.45, 7) is 8.11. The van der Waals surface area contributed by atoms with Gasteiger partial charge in [-0.25, -0.2) is 4.98 Å². The van der Waals surface area contributed by atoms with Crippen LogP contribution < -0.4 is 21.3 Å². The molecule has 0 saturated carbocycles. The van der Waals surface area contributed by atoms with E-state index in [4.69, 9.17) is 9.15 Å². The summed E-state index contributed by atoms with van der Waals surface area (Å²) in [5.74, 6) is -6.14. The van der Waals surface area contributed by atoms with E-state index in [2.05, 4.69) is 26.3 Å². The molecule has 5 N–H and O–H groups in total. The number of hydrogen-bond acceptors (Lipinski definition) is 9. The molecule has 5 atom stereocenters. The smallest absolute Gasteiger partial charge is 0.311 e. The van der Waals surface area contributed by atoms with Gasteiger partial charge in [-0.2, -0.15) is 0 Å². The summed E-state index contributed by atoms with van der Waals surface area (Å²) in [4.78, 5) is 67.8. The lowest BCUT2D eigenvalue weighted by atomic mass is 10.00. The quantitative estimate of drug-likeness (QED) is 0.199. The largest absolute Gasteiger partial charge is 0.435 e. The Morgan fingerprint density at radius 2 is 1.66 bits per heavy atom. The van der Waals surface area contributed by atoms with Gasteiger partial charge in [-0.15, -0.1) is 0 Å². The van der Waals surface area contributed by atoms with Crippen molar-refractivity contribution in [2.45, 2.75) is 77.4 Å². The topological polar surface area (TPSA) is 189 Å². The fraction of sp³-hybridized carbons (Fsp3) is 0.419. The number of amides is 4. The fourth-order valence-corrected chi connectivity index (χ4v) is 4.83. The van der Waals surface area contributed by atoms with Gasteiger partial charge in [0.05, 0.1) is 6.42 Å². The van der Waals surface area contributed by atoms with Crippen LogP contribution in [0, 0.1) is 12.8 Å². The average Bonchev–Trinajstić information content (AvgIpc) is 3.52. The number of benzene rings is 2. The molecule has 234 valence electrons. The highest BCUT2D eigenvalue weighted by Gasteiger charge is 2.54. The Balaban J connectivity index is 1.41. The number of fused-ring (bicyclic) bond motifs is 1. The fourth-order valence-electron chi connectivity index (χ4n) is 4.83. The van der Waals surface area contributed by atoms with Crippen LogP contribution in [0.15, 0.2) is 52.9 Å². The molecule has 1 fully saturated rings. The molecule has 1 aliphatic heterocycles. The van der Waals surface area contributed by atoms with E-state index in [9.17, 15) is 29.1 Å². The number of ether oxygens (including phenoxy) is 1. The number of rotatable bonds is 11. The average molecular weight is 608 g/mol. The molecule has 2 aromatic carbocycles. The number of carbonyl (C=O) groups is 5. The van der Waals surface area contributed by atoms with Crippen molar-refractivity contribution in [3.8, 4) is 0 Å². The van der Waals surface area contributed by atoms with Crippen molar-refractivity contribution in [3.05, 3.63) is 65.5 Å². The van der Waals surface area contributed by atoms with E-state index in [0.717, 1.165) is 11.1 Å². The lowest BCUT2D eigenvalue weighted by Crippen LogP contribution is -2.59. The van der Waals surface area contributed by atoms with Crippen LogP contribution in [0.5, 0.6) is 0 Å². The van der Waals surface area contributed by atoms with Crippen LogP contribution in [0.4, 0.5) is 0 Å². The minimum Gasteiger partial charge on any atom is -0.435 e. The molecule has 0 spiro atoms. The van der Waals surface area contributed by atoms with Crippen molar-refractivity contribution in [1.82, 2.24) is 26.3 Å². The van der Waals surface area contributed by atoms with Gasteiger partial charge >= 0.3 is 11.8 Å². The molecule has 44 heavy (non-hydrogen) atoms. The molecule has 1 saturated heterocycles. The molecule has 13 heteroatoms. The molecule has 5 unspecified atom stereocenters. The first-order valence-corrected chi connectivity index (χ1v) is 14.3. The van der Waals surface area contributed by atoms with Gasteiger partial charge in [-0.3, -0.25) is 24.0 Å². The predicted octanol–water partition coefficient (Wildman–Crippen LogP) is 1.11. The number of aryl methyl sites for hydroxylation is 1. The van der Waals surface area contributed by atoms with Crippen LogP contribution in [0.2, 0.25) is 0 Å².